The summed E-state index contributed by atoms with van der Waals surface area (Å²) in [4.78, 5) is 24.4. The molecule has 3 aromatic heterocycles. The standard InChI is InChI=1S/C25H25N5O/c1-17-16-30-24(27-18(17)2)14-22(28-30)23-10-3-4-12-29(23)25(31)20-8-5-7-19(13-20)21-9-6-11-26-15-21/h5-9,11,13-16,23H,3-4,10,12H2,1-2H3/t23-/m0/s1. The summed E-state index contributed by atoms with van der Waals surface area (Å²) in [6.45, 7) is 4.78. The molecule has 6 nitrogen and oxygen atoms in total. The Hall–Kier alpha value is -3.54. The highest BCUT2D eigenvalue weighted by Gasteiger charge is 2.31. The smallest absolute Gasteiger partial charge is 0.254 e. The van der Waals surface area contributed by atoms with Crippen molar-refractivity contribution in [3.05, 3.63) is 83.6 Å². The first kappa shape index (κ1) is 19.4. The number of piperidine rings is 1. The Morgan fingerprint density at radius 3 is 2.77 bits per heavy atom. The van der Waals surface area contributed by atoms with Crippen molar-refractivity contribution in [2.45, 2.75) is 39.2 Å². The van der Waals surface area contributed by atoms with E-state index in [0.29, 0.717) is 5.56 Å². The topological polar surface area (TPSA) is 63.4 Å². The molecular formula is C25H25N5O. The minimum atomic E-state index is -0.0365. The third-order valence-electron chi connectivity index (χ3n) is 6.11. The van der Waals surface area contributed by atoms with Crippen molar-refractivity contribution in [3.63, 3.8) is 0 Å². The van der Waals surface area contributed by atoms with Crippen molar-refractivity contribution >= 4 is 11.6 Å². The maximum atomic E-state index is 13.6. The van der Waals surface area contributed by atoms with Crippen molar-refractivity contribution in [2.75, 3.05) is 6.54 Å². The Morgan fingerprint density at radius 2 is 1.94 bits per heavy atom. The van der Waals surface area contributed by atoms with Gasteiger partial charge >= 0.3 is 0 Å². The van der Waals surface area contributed by atoms with Crippen LogP contribution < -0.4 is 0 Å². The fraction of sp³-hybridized carbons (Fsp3) is 0.280. The Bertz CT molecular complexity index is 1210. The number of fused-ring (bicyclic) bond motifs is 1. The average molecular weight is 412 g/mol. The predicted octanol–water partition coefficient (Wildman–Crippen LogP) is 4.78. The number of hydrogen-bond donors (Lipinski definition) is 0. The molecule has 0 saturated carbocycles. The normalized spacial score (nSPS) is 16.6. The van der Waals surface area contributed by atoms with Crippen molar-refractivity contribution in [1.29, 1.82) is 0 Å². The van der Waals surface area contributed by atoms with Crippen LogP contribution in [0.4, 0.5) is 0 Å². The van der Waals surface area contributed by atoms with Crippen LogP contribution in [0.1, 0.15) is 52.6 Å². The van der Waals surface area contributed by atoms with Crippen LogP contribution in [-0.4, -0.2) is 36.9 Å². The quantitative estimate of drug-likeness (QED) is 0.487. The van der Waals surface area contributed by atoms with Gasteiger partial charge in [0.15, 0.2) is 5.65 Å². The Morgan fingerprint density at radius 1 is 1.06 bits per heavy atom. The number of carbonyl (C=O) groups is 1. The number of nitrogens with zero attached hydrogens (tertiary/aromatic N) is 5. The van der Waals surface area contributed by atoms with E-state index in [2.05, 4.69) is 9.97 Å². The SMILES string of the molecule is Cc1cn2nc([C@@H]3CCCCN3C(=O)c3cccc(-c4cccnc4)c3)cc2nc1C. The largest absolute Gasteiger partial charge is 0.330 e. The second-order valence-corrected chi connectivity index (χ2v) is 8.21. The van der Waals surface area contributed by atoms with Crippen molar-refractivity contribution in [2.24, 2.45) is 0 Å². The number of likely N-dealkylation sites (tertiary alicyclic amines) is 1. The molecule has 1 amide bonds. The molecular weight excluding hydrogens is 386 g/mol. The van der Waals surface area contributed by atoms with E-state index in [0.717, 1.165) is 59.5 Å². The fourth-order valence-corrected chi connectivity index (χ4v) is 4.29. The minimum Gasteiger partial charge on any atom is -0.330 e. The predicted molar refractivity (Wildman–Crippen MR) is 120 cm³/mol. The summed E-state index contributed by atoms with van der Waals surface area (Å²) in [6.07, 6.45) is 8.59. The molecule has 0 unspecified atom stereocenters. The molecule has 1 saturated heterocycles. The van der Waals surface area contributed by atoms with E-state index in [1.54, 1.807) is 6.20 Å². The molecule has 0 radical (unpaired) electrons. The lowest BCUT2D eigenvalue weighted by Crippen LogP contribution is -2.38. The van der Waals surface area contributed by atoms with E-state index >= 15 is 0 Å². The molecule has 1 aliphatic heterocycles. The van der Waals surface area contributed by atoms with Crippen LogP contribution in [0.2, 0.25) is 0 Å². The van der Waals surface area contributed by atoms with Gasteiger partial charge in [0.2, 0.25) is 0 Å². The van der Waals surface area contributed by atoms with Crippen LogP contribution in [0.25, 0.3) is 16.8 Å². The van der Waals surface area contributed by atoms with E-state index in [1.165, 1.54) is 0 Å². The summed E-state index contributed by atoms with van der Waals surface area (Å²) in [5.41, 5.74) is 6.54. The number of aromatic nitrogens is 4. The molecule has 156 valence electrons. The molecule has 1 fully saturated rings. The van der Waals surface area contributed by atoms with E-state index in [4.69, 9.17) is 5.10 Å². The van der Waals surface area contributed by atoms with Gasteiger partial charge in [0.1, 0.15) is 0 Å². The van der Waals surface area contributed by atoms with Gasteiger partial charge in [0, 0.05) is 48.0 Å². The van der Waals surface area contributed by atoms with Gasteiger partial charge in [-0.2, -0.15) is 5.10 Å². The molecule has 4 aromatic rings. The molecule has 5 rings (SSSR count). The summed E-state index contributed by atoms with van der Waals surface area (Å²) in [7, 11) is 0. The van der Waals surface area contributed by atoms with Crippen LogP contribution >= 0.6 is 0 Å². The third kappa shape index (κ3) is 3.69. The van der Waals surface area contributed by atoms with E-state index in [1.807, 2.05) is 78.1 Å². The van der Waals surface area contributed by atoms with Crippen molar-refractivity contribution in [1.82, 2.24) is 24.5 Å². The van der Waals surface area contributed by atoms with Crippen molar-refractivity contribution in [3.8, 4) is 11.1 Å². The van der Waals surface area contributed by atoms with Crippen LogP contribution in [0, 0.1) is 13.8 Å². The highest BCUT2D eigenvalue weighted by molar-refractivity contribution is 5.95. The fourth-order valence-electron chi connectivity index (χ4n) is 4.29. The third-order valence-corrected chi connectivity index (χ3v) is 6.11. The first-order valence-electron chi connectivity index (χ1n) is 10.7. The van der Waals surface area contributed by atoms with E-state index < -0.39 is 0 Å². The van der Waals surface area contributed by atoms with Gasteiger partial charge < -0.3 is 4.90 Å². The number of hydrogen-bond acceptors (Lipinski definition) is 4. The molecule has 0 spiro atoms. The maximum absolute atomic E-state index is 13.6. The molecule has 1 aliphatic rings. The number of aryl methyl sites for hydroxylation is 2. The minimum absolute atomic E-state index is 0.0365. The summed E-state index contributed by atoms with van der Waals surface area (Å²) >= 11 is 0. The Labute approximate surface area is 181 Å². The molecule has 0 bridgehead atoms. The second kappa shape index (κ2) is 7.95. The Balaban J connectivity index is 1.48. The molecule has 4 heterocycles. The molecule has 0 aliphatic carbocycles. The van der Waals surface area contributed by atoms with E-state index in [9.17, 15) is 4.79 Å². The summed E-state index contributed by atoms with van der Waals surface area (Å²) in [5.74, 6) is 0.0489. The first-order valence-corrected chi connectivity index (χ1v) is 10.7. The highest BCUT2D eigenvalue weighted by atomic mass is 16.2. The zero-order valence-corrected chi connectivity index (χ0v) is 17.8. The lowest BCUT2D eigenvalue weighted by Gasteiger charge is -2.34. The van der Waals surface area contributed by atoms with Crippen LogP contribution in [0.3, 0.4) is 0 Å². The molecule has 31 heavy (non-hydrogen) atoms. The van der Waals surface area contributed by atoms with Crippen LogP contribution in [0.15, 0.2) is 61.1 Å². The number of rotatable bonds is 3. The van der Waals surface area contributed by atoms with Crippen LogP contribution in [0.5, 0.6) is 0 Å². The maximum Gasteiger partial charge on any atom is 0.254 e. The van der Waals surface area contributed by atoms with Gasteiger partial charge in [-0.25, -0.2) is 9.50 Å². The Kier molecular flexibility index (Phi) is 4.98. The molecule has 6 heteroatoms. The number of pyridine rings is 1. The monoisotopic (exact) mass is 411 g/mol. The highest BCUT2D eigenvalue weighted by Crippen LogP contribution is 2.32. The van der Waals surface area contributed by atoms with E-state index in [-0.39, 0.29) is 11.9 Å². The van der Waals surface area contributed by atoms with Crippen molar-refractivity contribution < 1.29 is 4.79 Å². The van der Waals surface area contributed by atoms with Gasteiger partial charge in [0.25, 0.3) is 5.91 Å². The summed E-state index contributed by atoms with van der Waals surface area (Å²) < 4.78 is 1.83. The second-order valence-electron chi connectivity index (χ2n) is 8.21. The summed E-state index contributed by atoms with van der Waals surface area (Å²) in [5, 5.41) is 4.78. The zero-order chi connectivity index (χ0) is 21.4. The lowest BCUT2D eigenvalue weighted by atomic mass is 9.97. The number of carbonyl (C=O) groups excluding carboxylic acids is 1. The van der Waals surface area contributed by atoms with Gasteiger partial charge in [-0.15, -0.1) is 0 Å². The summed E-state index contributed by atoms with van der Waals surface area (Å²) in [6, 6.07) is 13.7. The molecule has 1 aromatic carbocycles. The lowest BCUT2D eigenvalue weighted by molar-refractivity contribution is 0.0606. The zero-order valence-electron chi connectivity index (χ0n) is 17.8. The molecule has 1 atom stereocenters. The van der Waals surface area contributed by atoms with Gasteiger partial charge in [-0.05, 0) is 62.4 Å². The first-order chi connectivity index (χ1) is 15.1. The van der Waals surface area contributed by atoms with Crippen LogP contribution in [-0.2, 0) is 0 Å². The van der Waals surface area contributed by atoms with Gasteiger partial charge in [-0.3, -0.25) is 9.78 Å². The van der Waals surface area contributed by atoms with Gasteiger partial charge in [0.05, 0.1) is 11.7 Å². The molecule has 0 N–H and O–H groups in total. The number of benzene rings is 1. The number of amides is 1. The average Bonchev–Trinajstić information content (AvgIpc) is 3.22. The van der Waals surface area contributed by atoms with Gasteiger partial charge in [-0.1, -0.05) is 18.2 Å².